The molecule has 0 saturated carbocycles. The SMILES string of the molecule is C=CCn1[nH]c2nc(SC)ncc2c1=O.C=CCn1c(=O)c2cnc(Nc3ccc(N4CCC5(CCN(C)CC5)CC4)cc3)nc2n1-c1ccccn1.C=CCn1c(=O)c2cnc(SC)nc2n1-c1ccccn1.I. The van der Waals surface area contributed by atoms with Gasteiger partial charge in [-0.15, -0.1) is 43.7 Å². The molecule has 9 aromatic rings. The van der Waals surface area contributed by atoms with Crippen molar-refractivity contribution in [3.05, 3.63) is 161 Å². The van der Waals surface area contributed by atoms with E-state index in [1.165, 1.54) is 72.7 Å². The lowest BCUT2D eigenvalue weighted by Gasteiger charge is -2.46. The number of aromatic nitrogens is 14. The molecule has 2 N–H and O–H groups in total. The summed E-state index contributed by atoms with van der Waals surface area (Å²) in [6, 6.07) is 19.6. The first kappa shape index (κ1) is 54.1. The van der Waals surface area contributed by atoms with Crippen LogP contribution in [0, 0.1) is 5.41 Å². The van der Waals surface area contributed by atoms with Crippen molar-refractivity contribution < 1.29 is 0 Å². The van der Waals surface area contributed by atoms with E-state index >= 15 is 0 Å². The second kappa shape index (κ2) is 24.4. The van der Waals surface area contributed by atoms with Crippen LogP contribution in [-0.2, 0) is 19.6 Å². The maximum Gasteiger partial charge on any atom is 0.278 e. The van der Waals surface area contributed by atoms with E-state index in [1.807, 2.05) is 48.9 Å². The van der Waals surface area contributed by atoms with Gasteiger partial charge in [-0.3, -0.25) is 19.5 Å². The molecule has 11 rings (SSSR count). The molecule has 1 spiro atoms. The second-order valence-corrected chi connectivity index (χ2v) is 19.3. The van der Waals surface area contributed by atoms with Crippen molar-refractivity contribution in [3.63, 3.8) is 0 Å². The molecule has 8 aromatic heterocycles. The van der Waals surface area contributed by atoms with Crippen LogP contribution in [0.4, 0.5) is 17.3 Å². The smallest absolute Gasteiger partial charge is 0.278 e. The fraction of sp³-hybridized carbons (Fsp3) is 0.288. The van der Waals surface area contributed by atoms with Crippen LogP contribution in [0.1, 0.15) is 25.7 Å². The predicted octanol–water partition coefficient (Wildman–Crippen LogP) is 7.75. The molecule has 75 heavy (non-hydrogen) atoms. The van der Waals surface area contributed by atoms with E-state index in [9.17, 15) is 14.4 Å². The highest BCUT2D eigenvalue weighted by Gasteiger charge is 2.37. The molecule has 0 radical (unpaired) electrons. The number of halogens is 1. The number of nitrogens with one attached hydrogen (secondary N) is 2. The molecule has 0 aliphatic carbocycles. The number of pyridine rings is 2. The van der Waals surface area contributed by atoms with Crippen molar-refractivity contribution in [1.29, 1.82) is 0 Å². The molecule has 388 valence electrons. The van der Waals surface area contributed by atoms with Gasteiger partial charge in [-0.05, 0) is 112 Å². The second-order valence-electron chi connectivity index (χ2n) is 17.8. The molecule has 2 saturated heterocycles. The normalized spacial score (nSPS) is 14.1. The van der Waals surface area contributed by atoms with Gasteiger partial charge >= 0.3 is 0 Å². The van der Waals surface area contributed by atoms with Crippen molar-refractivity contribution in [2.75, 3.05) is 56.0 Å². The summed E-state index contributed by atoms with van der Waals surface area (Å²) in [5.41, 5.74) is 3.88. The molecular weight excluding hydrogens is 1100 g/mol. The Morgan fingerprint density at radius 3 is 1.68 bits per heavy atom. The number of anilines is 3. The highest BCUT2D eigenvalue weighted by Crippen LogP contribution is 2.42. The van der Waals surface area contributed by atoms with Crippen molar-refractivity contribution in [3.8, 4) is 11.6 Å². The number of benzene rings is 1. The predicted molar refractivity (Wildman–Crippen MR) is 310 cm³/mol. The number of aromatic amines is 1. The van der Waals surface area contributed by atoms with Crippen LogP contribution in [0.3, 0.4) is 0 Å². The first-order valence-electron chi connectivity index (χ1n) is 24.0. The third-order valence-electron chi connectivity index (χ3n) is 13.2. The fourth-order valence-corrected chi connectivity index (χ4v) is 9.88. The van der Waals surface area contributed by atoms with Gasteiger partial charge in [0.25, 0.3) is 16.7 Å². The number of nitrogens with zero attached hydrogens (tertiary/aromatic N) is 15. The first-order chi connectivity index (χ1) is 36.1. The van der Waals surface area contributed by atoms with Crippen LogP contribution < -0.4 is 26.9 Å². The fourth-order valence-electron chi connectivity index (χ4n) is 9.20. The Bertz CT molecular complexity index is 3610. The lowest BCUT2D eigenvalue weighted by Crippen LogP contribution is -2.46. The standard InChI is InChI=1S/C29H34N8O.C14H13N5OS.C9H10N4OS.HI/c1-3-16-36-27(38)24-21-31-28(33-26(24)37(36)25-6-4-5-15-30-25)32-22-7-9-23(10-8-22)35-19-13-29(14-20-35)11-17-34(2)18-12-29;1-3-8-18-13(20)10-9-16-14(21-2)17-12(10)19(18)11-6-4-5-7-15-11;1-3-4-13-8(14)6-5-10-9(15-2)11-7(6)12-13;/h3-10,15,21H,1,11-14,16-20H2,2H3,(H,31,32,33);3-7,9H,1,8H2,2H3;3,5H,1,4H2,2H3,(H,10,11,12);1H. The summed E-state index contributed by atoms with van der Waals surface area (Å²) in [6.07, 6.45) is 22.1. The average Bonchev–Trinajstić information content (AvgIpc) is 4.02. The van der Waals surface area contributed by atoms with Crippen LogP contribution in [-0.4, -0.2) is 119 Å². The summed E-state index contributed by atoms with van der Waals surface area (Å²) >= 11 is 2.87. The van der Waals surface area contributed by atoms with Gasteiger partial charge in [0.15, 0.2) is 38.9 Å². The minimum absolute atomic E-state index is 0. The van der Waals surface area contributed by atoms with Gasteiger partial charge in [-0.2, -0.15) is 4.98 Å². The monoisotopic (exact) mass is 1160 g/mol. The zero-order chi connectivity index (χ0) is 51.8. The third kappa shape index (κ3) is 11.7. The van der Waals surface area contributed by atoms with Gasteiger partial charge in [0.1, 0.15) is 16.2 Å². The van der Waals surface area contributed by atoms with Gasteiger partial charge in [0, 0.05) is 55.4 Å². The molecule has 0 amide bonds. The van der Waals surface area contributed by atoms with Gasteiger partial charge in [-0.1, -0.05) is 53.9 Å². The Kier molecular flexibility index (Phi) is 17.6. The van der Waals surface area contributed by atoms with Gasteiger partial charge < -0.3 is 15.1 Å². The lowest BCUT2D eigenvalue weighted by molar-refractivity contribution is 0.0945. The van der Waals surface area contributed by atoms with Gasteiger partial charge in [-0.25, -0.2) is 58.3 Å². The zero-order valence-electron chi connectivity index (χ0n) is 41.9. The number of hydrogen-bond donors (Lipinski definition) is 2. The Morgan fingerprint density at radius 1 is 0.627 bits per heavy atom. The van der Waals surface area contributed by atoms with Crippen molar-refractivity contribution in [2.24, 2.45) is 5.41 Å². The number of thioether (sulfide) groups is 2. The molecule has 0 bridgehead atoms. The molecule has 2 fully saturated rings. The highest BCUT2D eigenvalue weighted by atomic mass is 127. The molecule has 23 heteroatoms. The van der Waals surface area contributed by atoms with E-state index in [2.05, 4.69) is 106 Å². The summed E-state index contributed by atoms with van der Waals surface area (Å²) in [4.78, 5) is 77.0. The van der Waals surface area contributed by atoms with E-state index < -0.39 is 0 Å². The number of likely N-dealkylation sites (tertiary alicyclic amines) is 1. The lowest BCUT2D eigenvalue weighted by atomic mass is 9.71. The molecular formula is C52H58IN17O3S2. The largest absolute Gasteiger partial charge is 0.371 e. The molecule has 20 nitrogen and oxygen atoms in total. The van der Waals surface area contributed by atoms with Crippen LogP contribution in [0.15, 0.2) is 154 Å². The molecule has 2 aliphatic heterocycles. The van der Waals surface area contributed by atoms with E-state index in [-0.39, 0.29) is 40.7 Å². The maximum absolute atomic E-state index is 13.0. The van der Waals surface area contributed by atoms with Crippen LogP contribution in [0.2, 0.25) is 0 Å². The zero-order valence-corrected chi connectivity index (χ0v) is 45.9. The Labute approximate surface area is 457 Å². The van der Waals surface area contributed by atoms with E-state index in [0.717, 1.165) is 18.8 Å². The quantitative estimate of drug-likeness (QED) is 0.0489. The molecule has 2 aliphatic rings. The Morgan fingerprint density at radius 2 is 1.15 bits per heavy atom. The number of rotatable bonds is 13. The topological polar surface area (TPSA) is 213 Å². The Hall–Kier alpha value is -7.22. The minimum atomic E-state index is -0.176. The molecule has 0 atom stereocenters. The first-order valence-corrected chi connectivity index (χ1v) is 26.5. The number of fused-ring (bicyclic) bond motifs is 3. The summed E-state index contributed by atoms with van der Waals surface area (Å²) in [7, 11) is 2.24. The minimum Gasteiger partial charge on any atom is -0.371 e. The number of allylic oxidation sites excluding steroid dienone is 3. The molecule has 0 unspecified atom stereocenters. The van der Waals surface area contributed by atoms with Crippen LogP contribution in [0.25, 0.3) is 44.7 Å². The average molecular weight is 1160 g/mol. The third-order valence-corrected chi connectivity index (χ3v) is 14.3. The number of piperidine rings is 2. The highest BCUT2D eigenvalue weighted by molar-refractivity contribution is 14.0. The van der Waals surface area contributed by atoms with Gasteiger partial charge in [0.2, 0.25) is 5.95 Å². The van der Waals surface area contributed by atoms with Crippen molar-refractivity contribution in [1.82, 2.24) is 73.3 Å². The van der Waals surface area contributed by atoms with Crippen LogP contribution >= 0.6 is 47.5 Å². The van der Waals surface area contributed by atoms with Crippen LogP contribution in [0.5, 0.6) is 0 Å². The summed E-state index contributed by atoms with van der Waals surface area (Å²) in [5.74, 6) is 1.67. The van der Waals surface area contributed by atoms with E-state index in [1.54, 1.807) is 67.9 Å². The van der Waals surface area contributed by atoms with Crippen molar-refractivity contribution in [2.45, 2.75) is 55.6 Å². The molecule has 10 heterocycles. The molecule has 1 aromatic carbocycles. The van der Waals surface area contributed by atoms with E-state index in [4.69, 9.17) is 4.98 Å². The summed E-state index contributed by atoms with van der Waals surface area (Å²) < 4.78 is 8.01. The number of hydrogen-bond acceptors (Lipinski definition) is 16. The summed E-state index contributed by atoms with van der Waals surface area (Å²) in [6.45, 7) is 16.9. The summed E-state index contributed by atoms with van der Waals surface area (Å²) in [5, 5.41) is 8.89. The Balaban J connectivity index is 0.000000169. The number of H-pyrrole nitrogens is 1. The van der Waals surface area contributed by atoms with Gasteiger partial charge in [0.05, 0.1) is 19.6 Å². The van der Waals surface area contributed by atoms with E-state index in [0.29, 0.717) is 86.0 Å². The van der Waals surface area contributed by atoms with Crippen molar-refractivity contribution >= 4 is 97.9 Å². The maximum atomic E-state index is 13.0.